The summed E-state index contributed by atoms with van der Waals surface area (Å²) in [5.74, 6) is 0.826. The van der Waals surface area contributed by atoms with E-state index in [1.54, 1.807) is 7.11 Å². The number of pyridine rings is 1. The number of anilines is 2. The van der Waals surface area contributed by atoms with Crippen LogP contribution in [0.15, 0.2) is 54.7 Å². The number of hydrogen-bond acceptors (Lipinski definition) is 4. The molecule has 3 aromatic rings. The van der Waals surface area contributed by atoms with Crippen LogP contribution in [0, 0.1) is 0 Å². The molecule has 1 aromatic heterocycles. The lowest BCUT2D eigenvalue weighted by atomic mass is 10.0. The van der Waals surface area contributed by atoms with E-state index >= 15 is 0 Å². The van der Waals surface area contributed by atoms with Gasteiger partial charge in [0.2, 0.25) is 0 Å². The zero-order valence-electron chi connectivity index (χ0n) is 16.2. The summed E-state index contributed by atoms with van der Waals surface area (Å²) >= 11 is 11.8. The molecule has 0 unspecified atom stereocenters. The molecule has 2 heterocycles. The van der Waals surface area contributed by atoms with Gasteiger partial charge >= 0.3 is 0 Å². The van der Waals surface area contributed by atoms with E-state index in [9.17, 15) is 0 Å². The topological polar surface area (TPSA) is 49.4 Å². The molecule has 1 fully saturated rings. The number of halogens is 1. The highest BCUT2D eigenvalue weighted by Crippen LogP contribution is 2.31. The lowest BCUT2D eigenvalue weighted by Gasteiger charge is -2.35. The Morgan fingerprint density at radius 3 is 2.62 bits per heavy atom. The van der Waals surface area contributed by atoms with Crippen LogP contribution in [0.5, 0.6) is 5.75 Å². The molecule has 0 aliphatic carbocycles. The second kappa shape index (κ2) is 8.84. The molecule has 0 spiro atoms. The molecule has 0 radical (unpaired) electrons. The molecule has 1 saturated heterocycles. The number of nitrogens with zero attached hydrogens (tertiary/aromatic N) is 2. The van der Waals surface area contributed by atoms with Crippen LogP contribution in [0.1, 0.15) is 12.8 Å². The molecule has 0 amide bonds. The highest BCUT2D eigenvalue weighted by atomic mass is 35.5. The van der Waals surface area contributed by atoms with Gasteiger partial charge in [0.05, 0.1) is 17.6 Å². The lowest BCUT2D eigenvalue weighted by molar-refractivity contribution is 0.415. The highest BCUT2D eigenvalue weighted by Gasteiger charge is 2.21. The van der Waals surface area contributed by atoms with Crippen LogP contribution in [-0.4, -0.2) is 36.3 Å². The molecule has 2 N–H and O–H groups in total. The second-order valence-corrected chi connectivity index (χ2v) is 7.87. The predicted octanol–water partition coefficient (Wildman–Crippen LogP) is 4.85. The third kappa shape index (κ3) is 4.54. The minimum Gasteiger partial charge on any atom is -0.497 e. The van der Waals surface area contributed by atoms with Crippen molar-refractivity contribution in [1.82, 2.24) is 10.3 Å². The van der Waals surface area contributed by atoms with Gasteiger partial charge in [-0.2, -0.15) is 0 Å². The third-order valence-corrected chi connectivity index (χ3v) is 5.74. The summed E-state index contributed by atoms with van der Waals surface area (Å²) in [6.45, 7) is 1.91. The first kappa shape index (κ1) is 19.7. The highest BCUT2D eigenvalue weighted by molar-refractivity contribution is 7.80. The molecule has 150 valence electrons. The summed E-state index contributed by atoms with van der Waals surface area (Å²) in [5.41, 5.74) is 2.99. The summed E-state index contributed by atoms with van der Waals surface area (Å²) in [6.07, 6.45) is 3.85. The standard InChI is InChI=1S/C22H23ClN4OS/c1-28-17-7-5-15(6-8-17)25-22(29)26-16-10-13-27(14-11-16)20-9-12-24-21-18(20)3-2-4-19(21)23/h2-9,12,16H,10-11,13-14H2,1H3,(H2,25,26,29). The van der Waals surface area contributed by atoms with Crippen molar-refractivity contribution in [3.8, 4) is 5.75 Å². The van der Waals surface area contributed by atoms with Crippen molar-refractivity contribution in [3.05, 3.63) is 59.8 Å². The van der Waals surface area contributed by atoms with E-state index in [2.05, 4.69) is 32.7 Å². The minimum absolute atomic E-state index is 0.348. The monoisotopic (exact) mass is 426 g/mol. The first-order chi connectivity index (χ1) is 14.1. The van der Waals surface area contributed by atoms with E-state index in [-0.39, 0.29) is 0 Å². The van der Waals surface area contributed by atoms with E-state index in [1.807, 2.05) is 42.6 Å². The number of hydrogen-bond donors (Lipinski definition) is 2. The molecule has 7 heteroatoms. The predicted molar refractivity (Wildman–Crippen MR) is 124 cm³/mol. The first-order valence-corrected chi connectivity index (χ1v) is 10.4. The van der Waals surface area contributed by atoms with Crippen LogP contribution in [0.2, 0.25) is 5.02 Å². The third-order valence-electron chi connectivity index (χ3n) is 5.22. The average molecular weight is 427 g/mol. The number of methoxy groups -OCH3 is 1. The van der Waals surface area contributed by atoms with Crippen molar-refractivity contribution in [1.29, 1.82) is 0 Å². The van der Waals surface area contributed by atoms with Crippen molar-refractivity contribution in [2.24, 2.45) is 0 Å². The van der Waals surface area contributed by atoms with Crippen molar-refractivity contribution >= 4 is 51.2 Å². The number of rotatable bonds is 4. The number of thiocarbonyl (C=S) groups is 1. The second-order valence-electron chi connectivity index (χ2n) is 7.05. The molecule has 1 aliphatic heterocycles. The van der Waals surface area contributed by atoms with Gasteiger partial charge in [-0.3, -0.25) is 4.98 Å². The normalized spacial score (nSPS) is 14.6. The fourth-order valence-corrected chi connectivity index (χ4v) is 4.20. The summed E-state index contributed by atoms with van der Waals surface area (Å²) in [5, 5.41) is 9.12. The van der Waals surface area contributed by atoms with Crippen LogP contribution in [0.4, 0.5) is 11.4 Å². The Bertz CT molecular complexity index is 1000. The first-order valence-electron chi connectivity index (χ1n) is 9.64. The zero-order valence-corrected chi connectivity index (χ0v) is 17.8. The van der Waals surface area contributed by atoms with Gasteiger partial charge in [-0.15, -0.1) is 0 Å². The van der Waals surface area contributed by atoms with Gasteiger partial charge in [0.25, 0.3) is 0 Å². The van der Waals surface area contributed by atoms with E-state index in [0.29, 0.717) is 16.2 Å². The van der Waals surface area contributed by atoms with Gasteiger partial charge in [-0.1, -0.05) is 23.7 Å². The quantitative estimate of drug-likeness (QED) is 0.581. The van der Waals surface area contributed by atoms with E-state index in [1.165, 1.54) is 5.69 Å². The van der Waals surface area contributed by atoms with Crippen molar-refractivity contribution in [3.63, 3.8) is 0 Å². The van der Waals surface area contributed by atoms with Crippen LogP contribution in [0.25, 0.3) is 10.9 Å². The van der Waals surface area contributed by atoms with Gasteiger partial charge in [-0.25, -0.2) is 0 Å². The van der Waals surface area contributed by atoms with Gasteiger partial charge in [0, 0.05) is 42.1 Å². The summed E-state index contributed by atoms with van der Waals surface area (Å²) in [7, 11) is 1.66. The maximum Gasteiger partial charge on any atom is 0.170 e. The van der Waals surface area contributed by atoms with Crippen LogP contribution in [0.3, 0.4) is 0 Å². The van der Waals surface area contributed by atoms with Gasteiger partial charge in [0.15, 0.2) is 5.11 Å². The fraction of sp³-hybridized carbons (Fsp3) is 0.273. The number of fused-ring (bicyclic) bond motifs is 1. The maximum atomic E-state index is 6.31. The van der Waals surface area contributed by atoms with Crippen LogP contribution in [-0.2, 0) is 0 Å². The Morgan fingerprint density at radius 1 is 1.14 bits per heavy atom. The zero-order chi connectivity index (χ0) is 20.2. The molecule has 2 aromatic carbocycles. The van der Waals surface area contributed by atoms with Gasteiger partial charge < -0.3 is 20.3 Å². The Labute approximate surface area is 181 Å². The SMILES string of the molecule is COc1ccc(NC(=S)NC2CCN(c3ccnc4c(Cl)cccc34)CC2)cc1. The molecule has 5 nitrogen and oxygen atoms in total. The van der Waals surface area contributed by atoms with Crippen molar-refractivity contribution < 1.29 is 4.74 Å². The molecule has 1 aliphatic rings. The number of ether oxygens (including phenoxy) is 1. The van der Waals surface area contributed by atoms with Crippen LogP contribution >= 0.6 is 23.8 Å². The molecule has 4 rings (SSSR count). The summed E-state index contributed by atoms with van der Waals surface area (Å²) in [6, 6.07) is 16.1. The number of benzene rings is 2. The minimum atomic E-state index is 0.348. The van der Waals surface area contributed by atoms with Crippen molar-refractivity contribution in [2.45, 2.75) is 18.9 Å². The Kier molecular flexibility index (Phi) is 6.02. The Balaban J connectivity index is 1.35. The average Bonchev–Trinajstić information content (AvgIpc) is 2.75. The van der Waals surface area contributed by atoms with Crippen LogP contribution < -0.4 is 20.3 Å². The van der Waals surface area contributed by atoms with E-state index in [0.717, 1.165) is 48.3 Å². The molecule has 0 atom stereocenters. The lowest BCUT2D eigenvalue weighted by Crippen LogP contribution is -2.46. The molecule has 29 heavy (non-hydrogen) atoms. The van der Waals surface area contributed by atoms with Gasteiger partial charge in [0.1, 0.15) is 5.75 Å². The van der Waals surface area contributed by atoms with E-state index < -0.39 is 0 Å². The molecule has 0 saturated carbocycles. The molecular formula is C22H23ClN4OS. The smallest absolute Gasteiger partial charge is 0.170 e. The number of aromatic nitrogens is 1. The Morgan fingerprint density at radius 2 is 1.90 bits per heavy atom. The fourth-order valence-electron chi connectivity index (χ4n) is 3.69. The largest absolute Gasteiger partial charge is 0.497 e. The number of piperidine rings is 1. The summed E-state index contributed by atoms with van der Waals surface area (Å²) in [4.78, 5) is 6.84. The van der Waals surface area contributed by atoms with E-state index in [4.69, 9.17) is 28.6 Å². The summed E-state index contributed by atoms with van der Waals surface area (Å²) < 4.78 is 5.18. The maximum absolute atomic E-state index is 6.31. The van der Waals surface area contributed by atoms with Crippen molar-refractivity contribution in [2.75, 3.05) is 30.4 Å². The molecular weight excluding hydrogens is 404 g/mol. The number of nitrogens with one attached hydrogen (secondary N) is 2. The molecule has 0 bridgehead atoms. The van der Waals surface area contributed by atoms with Gasteiger partial charge in [-0.05, 0) is 61.5 Å². The Hall–Kier alpha value is -2.57. The number of para-hydroxylation sites is 1.